The predicted molar refractivity (Wildman–Crippen MR) is 124 cm³/mol. The van der Waals surface area contributed by atoms with E-state index in [9.17, 15) is 26.5 Å². The lowest BCUT2D eigenvalue weighted by molar-refractivity contribution is -0.736. The summed E-state index contributed by atoms with van der Waals surface area (Å²) >= 11 is 1.09. The lowest BCUT2D eigenvalue weighted by Crippen LogP contribution is -2.20. The van der Waals surface area contributed by atoms with Gasteiger partial charge in [0, 0.05) is 12.3 Å². The van der Waals surface area contributed by atoms with E-state index in [4.69, 9.17) is 5.73 Å². The Labute approximate surface area is 197 Å². The van der Waals surface area contributed by atoms with Crippen molar-refractivity contribution in [3.63, 3.8) is 0 Å². The number of nitrogens with zero attached hydrogens (tertiary/aromatic N) is 2. The molecule has 178 valence electrons. The molecule has 0 spiro atoms. The standard InChI is InChI=1S/C22H19F3N3O4S2/c1-32-28(29)19-9-4-3-8-17(19)27-18(12-21(26)22(23,24)25)20-11-15(13-33-20)14-6-5-7-16(10-14)34(2,30)31/h3-13H,26H2,1-2H3/q+1/b21-12-,27-18?. The summed E-state index contributed by atoms with van der Waals surface area (Å²) in [4.78, 5) is 21.5. The third kappa shape index (κ3) is 5.88. The number of hydrogen-bond acceptors (Lipinski definition) is 7. The van der Waals surface area contributed by atoms with Gasteiger partial charge in [-0.2, -0.15) is 13.2 Å². The lowest BCUT2D eigenvalue weighted by Gasteiger charge is -2.07. The average molecular weight is 511 g/mol. The molecule has 0 saturated carbocycles. The van der Waals surface area contributed by atoms with Crippen molar-refractivity contribution in [2.45, 2.75) is 11.1 Å². The van der Waals surface area contributed by atoms with Crippen LogP contribution in [-0.4, -0.2) is 38.6 Å². The molecular weight excluding hydrogens is 491 g/mol. The van der Waals surface area contributed by atoms with Crippen molar-refractivity contribution in [1.29, 1.82) is 0 Å². The summed E-state index contributed by atoms with van der Waals surface area (Å²) in [5, 5.41) is 1.66. The number of allylic oxidation sites excluding steroid dienone is 2. The number of benzene rings is 2. The van der Waals surface area contributed by atoms with E-state index in [2.05, 4.69) is 9.83 Å². The van der Waals surface area contributed by atoms with E-state index in [1.54, 1.807) is 35.7 Å². The zero-order valence-electron chi connectivity index (χ0n) is 17.9. The number of halogens is 3. The van der Waals surface area contributed by atoms with E-state index in [-0.39, 0.29) is 26.9 Å². The smallest absolute Gasteiger partial charge is 0.395 e. The molecule has 34 heavy (non-hydrogen) atoms. The van der Waals surface area contributed by atoms with Crippen LogP contribution in [0.2, 0.25) is 0 Å². The van der Waals surface area contributed by atoms with Crippen molar-refractivity contribution in [3.8, 4) is 11.1 Å². The number of aliphatic imine (C=N–C) groups is 1. The number of hydrogen-bond donors (Lipinski definition) is 1. The molecule has 0 amide bonds. The number of rotatable bonds is 7. The zero-order chi connectivity index (χ0) is 25.1. The summed E-state index contributed by atoms with van der Waals surface area (Å²) in [6.07, 6.45) is -3.03. The van der Waals surface area contributed by atoms with Crippen LogP contribution in [0.1, 0.15) is 4.88 Å². The largest absolute Gasteiger partial charge is 0.430 e. The van der Waals surface area contributed by atoms with E-state index in [0.29, 0.717) is 22.1 Å². The van der Waals surface area contributed by atoms with Crippen LogP contribution in [0.4, 0.5) is 24.5 Å². The first-order valence-corrected chi connectivity index (χ1v) is 12.3. The molecule has 0 saturated heterocycles. The predicted octanol–water partition coefficient (Wildman–Crippen LogP) is 5.32. The lowest BCUT2D eigenvalue weighted by atomic mass is 10.1. The molecule has 3 rings (SSSR count). The molecule has 0 fully saturated rings. The second-order valence-corrected chi connectivity index (χ2v) is 9.95. The number of para-hydroxylation sites is 2. The van der Waals surface area contributed by atoms with Crippen LogP contribution in [0.3, 0.4) is 0 Å². The number of nitrogens with two attached hydrogens (primary N) is 1. The first kappa shape index (κ1) is 25.1. The van der Waals surface area contributed by atoms with Crippen molar-refractivity contribution in [1.82, 2.24) is 0 Å². The summed E-state index contributed by atoms with van der Waals surface area (Å²) in [6, 6.07) is 13.7. The maximum atomic E-state index is 13.2. The maximum absolute atomic E-state index is 13.2. The first-order valence-electron chi connectivity index (χ1n) is 9.53. The fraction of sp³-hybridized carbons (Fsp3) is 0.136. The summed E-state index contributed by atoms with van der Waals surface area (Å²) in [7, 11) is -2.30. The third-order valence-electron chi connectivity index (χ3n) is 4.55. The molecule has 12 heteroatoms. The monoisotopic (exact) mass is 510 g/mol. The van der Waals surface area contributed by atoms with Gasteiger partial charge in [-0.05, 0) is 46.8 Å². The SMILES string of the molecule is CO[N+](=O)c1ccccc1N=C(/C=C(\N)C(F)(F)F)c1cc(-c2cccc(S(C)(=O)=O)c2)cs1. The molecule has 0 bridgehead atoms. The van der Waals surface area contributed by atoms with Crippen LogP contribution >= 0.6 is 11.3 Å². The van der Waals surface area contributed by atoms with Crippen LogP contribution in [-0.2, 0) is 14.7 Å². The van der Waals surface area contributed by atoms with Gasteiger partial charge >= 0.3 is 11.9 Å². The Balaban J connectivity index is 2.15. The topological polar surface area (TPSA) is 102 Å². The molecule has 1 heterocycles. The molecular formula is C22H19F3N3O4S2+. The molecule has 0 radical (unpaired) electrons. The highest BCUT2D eigenvalue weighted by molar-refractivity contribution is 7.90. The van der Waals surface area contributed by atoms with Crippen molar-refractivity contribution in [3.05, 3.63) is 81.5 Å². The van der Waals surface area contributed by atoms with Crippen molar-refractivity contribution < 1.29 is 31.3 Å². The van der Waals surface area contributed by atoms with E-state index >= 15 is 0 Å². The Bertz CT molecular complexity index is 1390. The zero-order valence-corrected chi connectivity index (χ0v) is 19.5. The van der Waals surface area contributed by atoms with Gasteiger partial charge in [-0.1, -0.05) is 24.3 Å². The van der Waals surface area contributed by atoms with E-state index in [1.807, 2.05) is 0 Å². The minimum absolute atomic E-state index is 0.0147. The quantitative estimate of drug-likeness (QED) is 0.343. The average Bonchev–Trinajstić information content (AvgIpc) is 3.27. The van der Waals surface area contributed by atoms with Crippen LogP contribution in [0, 0.1) is 4.91 Å². The molecule has 0 aliphatic rings. The van der Waals surface area contributed by atoms with Gasteiger partial charge in [-0.25, -0.2) is 18.2 Å². The summed E-state index contributed by atoms with van der Waals surface area (Å²) < 4.78 is 63.3. The molecule has 2 aromatic carbocycles. The molecule has 0 aliphatic carbocycles. The Kier molecular flexibility index (Phi) is 7.22. The van der Waals surface area contributed by atoms with Crippen molar-refractivity contribution in [2.75, 3.05) is 13.4 Å². The third-order valence-corrected chi connectivity index (χ3v) is 6.62. The Morgan fingerprint density at radius 1 is 1.12 bits per heavy atom. The van der Waals surface area contributed by atoms with Crippen molar-refractivity contribution >= 4 is 38.3 Å². The number of thiophene rings is 1. The van der Waals surface area contributed by atoms with E-state index in [0.717, 1.165) is 24.7 Å². The van der Waals surface area contributed by atoms with Gasteiger partial charge < -0.3 is 5.73 Å². The molecule has 0 atom stereocenters. The van der Waals surface area contributed by atoms with Crippen LogP contribution in [0.15, 0.2) is 81.6 Å². The van der Waals surface area contributed by atoms with Crippen LogP contribution < -0.4 is 5.73 Å². The van der Waals surface area contributed by atoms with Gasteiger partial charge in [0.15, 0.2) is 16.9 Å². The van der Waals surface area contributed by atoms with Gasteiger partial charge in [-0.15, -0.1) is 11.3 Å². The fourth-order valence-corrected chi connectivity index (χ4v) is 4.40. The molecule has 3 aromatic rings. The summed E-state index contributed by atoms with van der Waals surface area (Å²) in [6.45, 7) is 0. The normalized spacial score (nSPS) is 13.1. The minimum Gasteiger partial charge on any atom is -0.395 e. The summed E-state index contributed by atoms with van der Waals surface area (Å²) in [5.41, 5.74) is 4.92. The molecule has 0 aliphatic heterocycles. The van der Waals surface area contributed by atoms with Gasteiger partial charge in [0.1, 0.15) is 11.4 Å². The van der Waals surface area contributed by atoms with Crippen LogP contribution in [0.25, 0.3) is 11.1 Å². The van der Waals surface area contributed by atoms with Gasteiger partial charge in [-0.3, -0.25) is 0 Å². The highest BCUT2D eigenvalue weighted by Crippen LogP contribution is 2.32. The second kappa shape index (κ2) is 9.77. The fourth-order valence-electron chi connectivity index (χ4n) is 2.86. The highest BCUT2D eigenvalue weighted by atomic mass is 32.2. The number of alkyl halides is 3. The highest BCUT2D eigenvalue weighted by Gasteiger charge is 2.32. The van der Waals surface area contributed by atoms with Crippen molar-refractivity contribution in [2.24, 2.45) is 10.7 Å². The Morgan fingerprint density at radius 2 is 1.82 bits per heavy atom. The van der Waals surface area contributed by atoms with E-state index < -0.39 is 21.7 Å². The van der Waals surface area contributed by atoms with Gasteiger partial charge in [0.25, 0.3) is 4.92 Å². The van der Waals surface area contributed by atoms with Crippen LogP contribution in [0.5, 0.6) is 0 Å². The first-order chi connectivity index (χ1) is 15.9. The Morgan fingerprint density at radius 3 is 2.47 bits per heavy atom. The second-order valence-electron chi connectivity index (χ2n) is 7.02. The number of sulfone groups is 1. The van der Waals surface area contributed by atoms with Gasteiger partial charge in [0.05, 0.1) is 20.4 Å². The summed E-state index contributed by atoms with van der Waals surface area (Å²) in [5.74, 6) is 0. The Hall–Kier alpha value is -3.51. The molecule has 1 aromatic heterocycles. The molecule has 7 nitrogen and oxygen atoms in total. The maximum Gasteiger partial charge on any atom is 0.430 e. The van der Waals surface area contributed by atoms with E-state index in [1.165, 1.54) is 24.3 Å². The minimum atomic E-state index is -4.79. The molecule has 2 N–H and O–H groups in total. The van der Waals surface area contributed by atoms with Gasteiger partial charge in [0.2, 0.25) is 0 Å². The molecule has 0 unspecified atom stereocenters.